The molecular formula is C17H22N2O2. The molecule has 1 fully saturated rings. The van der Waals surface area contributed by atoms with Gasteiger partial charge in [-0.3, -0.25) is 0 Å². The quantitative estimate of drug-likeness (QED) is 0.869. The van der Waals surface area contributed by atoms with E-state index in [-0.39, 0.29) is 12.2 Å². The summed E-state index contributed by atoms with van der Waals surface area (Å²) < 4.78 is 11.2. The molecule has 1 aliphatic heterocycles. The number of aromatic nitrogens is 1. The lowest BCUT2D eigenvalue weighted by molar-refractivity contribution is -0.0512. The van der Waals surface area contributed by atoms with Crippen LogP contribution in [0.25, 0.3) is 10.9 Å². The maximum absolute atomic E-state index is 5.91. The fourth-order valence-electron chi connectivity index (χ4n) is 3.03. The summed E-state index contributed by atoms with van der Waals surface area (Å²) in [5.74, 6) is 1.06. The first kappa shape index (κ1) is 14.3. The topological polar surface area (TPSA) is 34.6 Å². The highest BCUT2D eigenvalue weighted by Crippen LogP contribution is 2.25. The molecule has 4 nitrogen and oxygen atoms in total. The van der Waals surface area contributed by atoms with Gasteiger partial charge in [-0.05, 0) is 31.5 Å². The average molecular weight is 286 g/mol. The molecule has 0 spiro atoms. The van der Waals surface area contributed by atoms with Crippen molar-refractivity contribution < 1.29 is 9.47 Å². The SMILES string of the molecule is COCC1CN(c2nc3ccccc3cc2C)CC(C)O1. The molecule has 0 amide bonds. The van der Waals surface area contributed by atoms with E-state index in [0.717, 1.165) is 24.4 Å². The van der Waals surface area contributed by atoms with E-state index < -0.39 is 0 Å². The van der Waals surface area contributed by atoms with Gasteiger partial charge in [0, 0.05) is 25.6 Å². The van der Waals surface area contributed by atoms with Crippen molar-refractivity contribution in [2.75, 3.05) is 31.7 Å². The maximum Gasteiger partial charge on any atom is 0.132 e. The van der Waals surface area contributed by atoms with Gasteiger partial charge in [0.2, 0.25) is 0 Å². The lowest BCUT2D eigenvalue weighted by Crippen LogP contribution is -2.48. The monoisotopic (exact) mass is 286 g/mol. The second kappa shape index (κ2) is 6.00. The van der Waals surface area contributed by atoms with Gasteiger partial charge < -0.3 is 14.4 Å². The van der Waals surface area contributed by atoms with E-state index in [0.29, 0.717) is 6.61 Å². The number of aryl methyl sites for hydroxylation is 1. The summed E-state index contributed by atoms with van der Waals surface area (Å²) in [6, 6.07) is 10.5. The minimum Gasteiger partial charge on any atom is -0.382 e. The molecule has 4 heteroatoms. The second-order valence-electron chi connectivity index (χ2n) is 5.75. The summed E-state index contributed by atoms with van der Waals surface area (Å²) in [5, 5.41) is 1.19. The molecule has 2 unspecified atom stereocenters. The third-order valence-corrected chi connectivity index (χ3v) is 3.87. The van der Waals surface area contributed by atoms with Crippen molar-refractivity contribution in [3.05, 3.63) is 35.9 Å². The molecule has 1 aliphatic rings. The van der Waals surface area contributed by atoms with Crippen molar-refractivity contribution in [2.45, 2.75) is 26.1 Å². The number of pyridine rings is 1. The van der Waals surface area contributed by atoms with Crippen LogP contribution in [0.4, 0.5) is 5.82 Å². The molecule has 21 heavy (non-hydrogen) atoms. The number of nitrogens with zero attached hydrogens (tertiary/aromatic N) is 2. The highest BCUT2D eigenvalue weighted by atomic mass is 16.5. The Kier molecular flexibility index (Phi) is 4.08. The minimum absolute atomic E-state index is 0.103. The smallest absolute Gasteiger partial charge is 0.132 e. The lowest BCUT2D eigenvalue weighted by Gasteiger charge is -2.38. The summed E-state index contributed by atoms with van der Waals surface area (Å²) in [6.07, 6.45) is 0.290. The van der Waals surface area contributed by atoms with Crippen molar-refractivity contribution in [1.82, 2.24) is 4.98 Å². The number of rotatable bonds is 3. The van der Waals surface area contributed by atoms with Gasteiger partial charge in [-0.2, -0.15) is 0 Å². The van der Waals surface area contributed by atoms with E-state index in [1.807, 2.05) is 6.07 Å². The number of anilines is 1. The number of hydrogen-bond donors (Lipinski definition) is 0. The molecule has 3 rings (SSSR count). The third-order valence-electron chi connectivity index (χ3n) is 3.87. The normalized spacial score (nSPS) is 22.7. The predicted molar refractivity (Wildman–Crippen MR) is 84.9 cm³/mol. The van der Waals surface area contributed by atoms with Gasteiger partial charge in [-0.15, -0.1) is 0 Å². The summed E-state index contributed by atoms with van der Waals surface area (Å²) in [4.78, 5) is 7.18. The van der Waals surface area contributed by atoms with Gasteiger partial charge in [-0.1, -0.05) is 18.2 Å². The van der Waals surface area contributed by atoms with E-state index in [4.69, 9.17) is 14.5 Å². The first-order valence-corrected chi connectivity index (χ1v) is 7.43. The Bertz CT molecular complexity index is 629. The van der Waals surface area contributed by atoms with Gasteiger partial charge in [0.15, 0.2) is 0 Å². The number of hydrogen-bond acceptors (Lipinski definition) is 4. The Balaban J connectivity index is 1.93. The lowest BCUT2D eigenvalue weighted by atomic mass is 10.1. The number of methoxy groups -OCH3 is 1. The summed E-state index contributed by atoms with van der Waals surface area (Å²) in [6.45, 7) is 6.54. The van der Waals surface area contributed by atoms with Crippen LogP contribution in [0.5, 0.6) is 0 Å². The maximum atomic E-state index is 5.91. The van der Waals surface area contributed by atoms with Gasteiger partial charge in [0.1, 0.15) is 5.82 Å². The van der Waals surface area contributed by atoms with Gasteiger partial charge in [0.05, 0.1) is 24.3 Å². The van der Waals surface area contributed by atoms with Gasteiger partial charge >= 0.3 is 0 Å². The van der Waals surface area contributed by atoms with Crippen molar-refractivity contribution in [1.29, 1.82) is 0 Å². The number of ether oxygens (including phenoxy) is 2. The summed E-state index contributed by atoms with van der Waals surface area (Å²) >= 11 is 0. The van der Waals surface area contributed by atoms with Crippen molar-refractivity contribution in [2.24, 2.45) is 0 Å². The van der Waals surface area contributed by atoms with E-state index >= 15 is 0 Å². The number of morpholine rings is 1. The zero-order valence-electron chi connectivity index (χ0n) is 12.9. The first-order valence-electron chi connectivity index (χ1n) is 7.43. The van der Waals surface area contributed by atoms with E-state index in [1.54, 1.807) is 7.11 Å². The summed E-state index contributed by atoms with van der Waals surface area (Å²) in [5.41, 5.74) is 2.25. The fraction of sp³-hybridized carbons (Fsp3) is 0.471. The largest absolute Gasteiger partial charge is 0.382 e. The van der Waals surface area contributed by atoms with Crippen molar-refractivity contribution in [3.8, 4) is 0 Å². The fourth-order valence-corrected chi connectivity index (χ4v) is 3.03. The summed E-state index contributed by atoms with van der Waals surface area (Å²) in [7, 11) is 1.71. The number of fused-ring (bicyclic) bond motifs is 1. The Labute approximate surface area is 125 Å². The molecule has 2 heterocycles. The van der Waals surface area contributed by atoms with Crippen LogP contribution in [0, 0.1) is 6.92 Å². The highest BCUT2D eigenvalue weighted by Gasteiger charge is 2.27. The molecule has 112 valence electrons. The van der Waals surface area contributed by atoms with E-state index in [9.17, 15) is 0 Å². The molecule has 1 aromatic heterocycles. The molecule has 0 bridgehead atoms. The van der Waals surface area contributed by atoms with Crippen LogP contribution >= 0.6 is 0 Å². The zero-order valence-corrected chi connectivity index (χ0v) is 12.9. The Morgan fingerprint density at radius 2 is 2.14 bits per heavy atom. The minimum atomic E-state index is 0.103. The first-order chi connectivity index (χ1) is 10.2. The standard InChI is InChI=1S/C17H22N2O2/c1-12-8-14-6-4-5-7-16(14)18-17(12)19-9-13(2)21-15(10-19)11-20-3/h4-8,13,15H,9-11H2,1-3H3. The van der Waals surface area contributed by atoms with Crippen LogP contribution in [-0.4, -0.2) is 44.0 Å². The van der Waals surface area contributed by atoms with Gasteiger partial charge in [0.25, 0.3) is 0 Å². The Morgan fingerprint density at radius 3 is 2.95 bits per heavy atom. The third kappa shape index (κ3) is 3.01. The van der Waals surface area contributed by atoms with Crippen LogP contribution in [0.2, 0.25) is 0 Å². The number of para-hydroxylation sites is 1. The molecular weight excluding hydrogens is 264 g/mol. The second-order valence-corrected chi connectivity index (χ2v) is 5.75. The van der Waals surface area contributed by atoms with Crippen molar-refractivity contribution in [3.63, 3.8) is 0 Å². The molecule has 0 N–H and O–H groups in total. The van der Waals surface area contributed by atoms with Gasteiger partial charge in [-0.25, -0.2) is 4.98 Å². The van der Waals surface area contributed by atoms with Crippen LogP contribution in [0.3, 0.4) is 0 Å². The van der Waals surface area contributed by atoms with Crippen LogP contribution in [-0.2, 0) is 9.47 Å². The zero-order chi connectivity index (χ0) is 14.8. The number of benzene rings is 1. The Morgan fingerprint density at radius 1 is 1.33 bits per heavy atom. The molecule has 0 aliphatic carbocycles. The molecule has 1 saturated heterocycles. The molecule has 0 saturated carbocycles. The van der Waals surface area contributed by atoms with Crippen molar-refractivity contribution >= 4 is 16.7 Å². The molecule has 2 atom stereocenters. The average Bonchev–Trinajstić information content (AvgIpc) is 2.46. The molecule has 1 aromatic carbocycles. The van der Waals surface area contributed by atoms with Crippen LogP contribution in [0.15, 0.2) is 30.3 Å². The van der Waals surface area contributed by atoms with Crippen LogP contribution in [0.1, 0.15) is 12.5 Å². The van der Waals surface area contributed by atoms with Crippen LogP contribution < -0.4 is 4.90 Å². The Hall–Kier alpha value is -1.65. The predicted octanol–water partition coefficient (Wildman–Crippen LogP) is 2.78. The highest BCUT2D eigenvalue weighted by molar-refractivity contribution is 5.81. The molecule has 2 aromatic rings. The van der Waals surface area contributed by atoms with E-state index in [2.05, 4.69) is 43.0 Å². The molecule has 0 radical (unpaired) electrons. The van der Waals surface area contributed by atoms with E-state index in [1.165, 1.54) is 10.9 Å².